The Morgan fingerprint density at radius 2 is 0.551 bits per heavy atom. The maximum Gasteiger partial charge on any atom is 0.258 e. The highest BCUT2D eigenvalue weighted by Gasteiger charge is 2.25. The molecule has 10 rings (SSSR count). The van der Waals surface area contributed by atoms with Crippen molar-refractivity contribution < 1.29 is 14.4 Å². The minimum atomic E-state index is -0.817. The Morgan fingerprint density at radius 3 is 0.870 bits per heavy atom. The molecule has 0 radical (unpaired) electrons. The molecule has 0 bridgehead atoms. The van der Waals surface area contributed by atoms with Gasteiger partial charge in [-0.05, 0) is 18.2 Å². The standard InChI is InChI=1S/C54H36N12O3/c67-49(58-52-55-43(34-19-7-1-8-20-34)46(61-64-52)37-25-13-4-14-26-37)40-31-32-41(50(68)59-53-56-44(35-21-9-2-10-22-35)47(62-65-53)38-27-15-5-16-28-38)42(33-40)51(69)60-54-57-45(36-23-11-3-12-24-36)48(63-66-54)39-29-17-6-18-30-39/h1-33H,(H,55,58,64,67)(H,56,59,65,68)(H,57,60,66,69). The zero-order valence-corrected chi connectivity index (χ0v) is 36.3. The van der Waals surface area contributed by atoms with Crippen molar-refractivity contribution in [2.75, 3.05) is 16.0 Å². The van der Waals surface area contributed by atoms with Crippen LogP contribution in [0.1, 0.15) is 31.1 Å². The summed E-state index contributed by atoms with van der Waals surface area (Å²) in [6.45, 7) is 0. The van der Waals surface area contributed by atoms with Gasteiger partial charge in [0.2, 0.25) is 17.8 Å². The van der Waals surface area contributed by atoms with Crippen LogP contribution in [0.3, 0.4) is 0 Å². The quantitative estimate of drug-likeness (QED) is 0.105. The maximum atomic E-state index is 14.5. The van der Waals surface area contributed by atoms with Crippen LogP contribution in [0.25, 0.3) is 67.5 Å². The molecule has 0 unspecified atom stereocenters. The highest BCUT2D eigenvalue weighted by molar-refractivity contribution is 6.16. The van der Waals surface area contributed by atoms with Crippen molar-refractivity contribution >= 4 is 35.6 Å². The summed E-state index contributed by atoms with van der Waals surface area (Å²) in [4.78, 5) is 57.2. The second-order valence-electron chi connectivity index (χ2n) is 15.3. The van der Waals surface area contributed by atoms with Crippen molar-refractivity contribution in [3.05, 3.63) is 217 Å². The summed E-state index contributed by atoms with van der Waals surface area (Å²) in [6, 6.07) is 60.5. The van der Waals surface area contributed by atoms with E-state index in [9.17, 15) is 14.4 Å². The number of anilines is 3. The molecule has 0 aliphatic rings. The number of benzene rings is 7. The fraction of sp³-hybridized carbons (Fsp3) is 0. The molecule has 3 amide bonds. The Balaban J connectivity index is 1.01. The lowest BCUT2D eigenvalue weighted by Crippen LogP contribution is -2.24. The predicted octanol–water partition coefficient (Wildman–Crippen LogP) is 10.0. The lowest BCUT2D eigenvalue weighted by Gasteiger charge is -2.14. The van der Waals surface area contributed by atoms with Crippen molar-refractivity contribution in [2.24, 2.45) is 0 Å². The van der Waals surface area contributed by atoms with E-state index in [0.29, 0.717) is 34.2 Å². The van der Waals surface area contributed by atoms with E-state index in [1.54, 1.807) is 0 Å². The lowest BCUT2D eigenvalue weighted by molar-refractivity contribution is 0.0988. The first-order valence-electron chi connectivity index (χ1n) is 21.6. The minimum Gasteiger partial charge on any atom is -0.289 e. The van der Waals surface area contributed by atoms with Gasteiger partial charge in [0.15, 0.2) is 0 Å². The number of aromatic nitrogens is 9. The molecule has 0 saturated heterocycles. The number of hydrogen-bond donors (Lipinski definition) is 3. The minimum absolute atomic E-state index is 0.00589. The Labute approximate surface area is 394 Å². The Kier molecular flexibility index (Phi) is 12.2. The zero-order valence-electron chi connectivity index (χ0n) is 36.3. The lowest BCUT2D eigenvalue weighted by atomic mass is 10.0. The summed E-state index contributed by atoms with van der Waals surface area (Å²) in [7, 11) is 0. The molecule has 0 atom stereocenters. The molecule has 3 aromatic heterocycles. The molecule has 0 aliphatic heterocycles. The van der Waals surface area contributed by atoms with Crippen LogP contribution in [0.4, 0.5) is 17.8 Å². The molecule has 69 heavy (non-hydrogen) atoms. The summed E-state index contributed by atoms with van der Waals surface area (Å²) in [5, 5.41) is 34.3. The van der Waals surface area contributed by atoms with E-state index < -0.39 is 17.7 Å². The molecule has 0 spiro atoms. The topological polar surface area (TPSA) is 203 Å². The van der Waals surface area contributed by atoms with Crippen molar-refractivity contribution in [3.63, 3.8) is 0 Å². The molecular weight excluding hydrogens is 865 g/mol. The normalized spacial score (nSPS) is 10.8. The summed E-state index contributed by atoms with van der Waals surface area (Å²) in [5.41, 5.74) is 7.13. The number of amides is 3. The van der Waals surface area contributed by atoms with E-state index in [1.165, 1.54) is 18.2 Å². The summed E-state index contributed by atoms with van der Waals surface area (Å²) in [5.74, 6) is -2.62. The number of rotatable bonds is 12. The van der Waals surface area contributed by atoms with Gasteiger partial charge >= 0.3 is 0 Å². The van der Waals surface area contributed by atoms with Gasteiger partial charge in [-0.15, -0.1) is 30.6 Å². The third-order valence-corrected chi connectivity index (χ3v) is 10.8. The van der Waals surface area contributed by atoms with Gasteiger partial charge in [0.25, 0.3) is 17.7 Å². The van der Waals surface area contributed by atoms with Gasteiger partial charge in [0.05, 0.1) is 11.1 Å². The van der Waals surface area contributed by atoms with E-state index in [4.69, 9.17) is 15.0 Å². The number of hydrogen-bond acceptors (Lipinski definition) is 12. The fourth-order valence-corrected chi connectivity index (χ4v) is 7.48. The van der Waals surface area contributed by atoms with Gasteiger partial charge in [-0.1, -0.05) is 182 Å². The molecule has 3 heterocycles. The molecule has 0 fully saturated rings. The molecule has 3 N–H and O–H groups in total. The van der Waals surface area contributed by atoms with Crippen LogP contribution < -0.4 is 16.0 Å². The molecule has 330 valence electrons. The Morgan fingerprint density at radius 1 is 0.275 bits per heavy atom. The Hall–Kier alpha value is -10.0. The van der Waals surface area contributed by atoms with Gasteiger partial charge < -0.3 is 0 Å². The van der Waals surface area contributed by atoms with E-state index in [1.807, 2.05) is 182 Å². The summed E-state index contributed by atoms with van der Waals surface area (Å²) in [6.07, 6.45) is 0. The van der Waals surface area contributed by atoms with Crippen LogP contribution in [0, 0.1) is 0 Å². The largest absolute Gasteiger partial charge is 0.289 e. The van der Waals surface area contributed by atoms with Crippen LogP contribution in [0.5, 0.6) is 0 Å². The molecule has 7 aromatic carbocycles. The first kappa shape index (κ1) is 42.9. The average Bonchev–Trinajstić information content (AvgIpc) is 3.42. The summed E-state index contributed by atoms with van der Waals surface area (Å²) < 4.78 is 0. The van der Waals surface area contributed by atoms with Gasteiger partial charge in [0.1, 0.15) is 34.2 Å². The monoisotopic (exact) mass is 900 g/mol. The number of nitrogens with zero attached hydrogens (tertiary/aromatic N) is 9. The van der Waals surface area contributed by atoms with Gasteiger partial charge in [-0.2, -0.15) is 0 Å². The van der Waals surface area contributed by atoms with Crippen LogP contribution in [0.2, 0.25) is 0 Å². The van der Waals surface area contributed by atoms with Crippen LogP contribution in [-0.2, 0) is 0 Å². The summed E-state index contributed by atoms with van der Waals surface area (Å²) >= 11 is 0. The van der Waals surface area contributed by atoms with Crippen LogP contribution in [0.15, 0.2) is 200 Å². The van der Waals surface area contributed by atoms with E-state index in [-0.39, 0.29) is 34.5 Å². The molecular formula is C54H36N12O3. The van der Waals surface area contributed by atoms with E-state index >= 15 is 0 Å². The first-order chi connectivity index (χ1) is 33.9. The first-order valence-corrected chi connectivity index (χ1v) is 21.6. The number of nitrogens with one attached hydrogen (secondary N) is 3. The van der Waals surface area contributed by atoms with Crippen LogP contribution in [-0.4, -0.2) is 63.3 Å². The molecule has 0 saturated carbocycles. The highest BCUT2D eigenvalue weighted by Crippen LogP contribution is 2.32. The number of carbonyl (C=O) groups is 3. The number of carbonyl (C=O) groups excluding carboxylic acids is 3. The van der Waals surface area contributed by atoms with E-state index in [2.05, 4.69) is 46.5 Å². The SMILES string of the molecule is O=C(Nc1nnc(-c2ccccc2)c(-c2ccccc2)n1)c1ccc(C(=O)Nc2nnc(-c3ccccc3)c(-c3ccccc3)n2)c(C(=O)Nc2nnc(-c3ccccc3)c(-c3ccccc3)n2)c1. The molecule has 0 aliphatic carbocycles. The zero-order chi connectivity index (χ0) is 46.9. The third kappa shape index (κ3) is 9.54. The van der Waals surface area contributed by atoms with Crippen LogP contribution >= 0.6 is 0 Å². The molecule has 15 heteroatoms. The van der Waals surface area contributed by atoms with Gasteiger partial charge in [-0.3, -0.25) is 30.3 Å². The smallest absolute Gasteiger partial charge is 0.258 e. The molecule has 15 nitrogen and oxygen atoms in total. The highest BCUT2D eigenvalue weighted by atomic mass is 16.2. The fourth-order valence-electron chi connectivity index (χ4n) is 7.48. The van der Waals surface area contributed by atoms with Crippen molar-refractivity contribution in [1.82, 2.24) is 45.5 Å². The third-order valence-electron chi connectivity index (χ3n) is 10.8. The molecule has 10 aromatic rings. The second-order valence-corrected chi connectivity index (χ2v) is 15.3. The van der Waals surface area contributed by atoms with Gasteiger partial charge in [0, 0.05) is 38.9 Å². The predicted molar refractivity (Wildman–Crippen MR) is 262 cm³/mol. The van der Waals surface area contributed by atoms with E-state index in [0.717, 1.165) is 33.4 Å². The van der Waals surface area contributed by atoms with Crippen molar-refractivity contribution in [2.45, 2.75) is 0 Å². The second kappa shape index (κ2) is 19.6. The van der Waals surface area contributed by atoms with Gasteiger partial charge in [-0.25, -0.2) is 15.0 Å². The van der Waals surface area contributed by atoms with Crippen molar-refractivity contribution in [3.8, 4) is 67.5 Å². The Bertz CT molecular complexity index is 3460. The maximum absolute atomic E-state index is 14.5. The van der Waals surface area contributed by atoms with Crippen molar-refractivity contribution in [1.29, 1.82) is 0 Å². The average molecular weight is 901 g/mol.